The minimum absolute atomic E-state index is 0.00741. The van der Waals surface area contributed by atoms with Gasteiger partial charge in [0.25, 0.3) is 0 Å². The molecular weight excluding hydrogens is 424 g/mol. The lowest BCUT2D eigenvalue weighted by atomic mass is 9.98. The van der Waals surface area contributed by atoms with Crippen LogP contribution in [0.3, 0.4) is 0 Å². The van der Waals surface area contributed by atoms with E-state index in [2.05, 4.69) is 17.4 Å². The number of likely N-dealkylation sites (N-methyl/N-ethyl adjacent to an activating group) is 1. The Morgan fingerprint density at radius 3 is 2.09 bits per heavy atom. The van der Waals surface area contributed by atoms with Gasteiger partial charge in [0.15, 0.2) is 0 Å². The molecular formula is C25H30N2O6. The average molecular weight is 455 g/mol. The molecule has 3 atom stereocenters. The summed E-state index contributed by atoms with van der Waals surface area (Å²) >= 11 is 0. The quantitative estimate of drug-likeness (QED) is 0.603. The molecule has 2 aromatic carbocycles. The number of hydrogen-bond acceptors (Lipinski definition) is 5. The number of alkyl carbamates (subject to hydrolysis) is 1. The van der Waals surface area contributed by atoms with E-state index in [-0.39, 0.29) is 19.1 Å². The predicted octanol–water partition coefficient (Wildman–Crippen LogP) is 3.11. The second-order valence-corrected chi connectivity index (χ2v) is 8.35. The van der Waals surface area contributed by atoms with Crippen molar-refractivity contribution in [3.05, 3.63) is 59.7 Å². The smallest absolute Gasteiger partial charge is 0.407 e. The Kier molecular flexibility index (Phi) is 7.71. The molecule has 1 aliphatic rings. The van der Waals surface area contributed by atoms with Gasteiger partial charge in [0.2, 0.25) is 5.91 Å². The maximum Gasteiger partial charge on any atom is 0.407 e. The van der Waals surface area contributed by atoms with Gasteiger partial charge in [0, 0.05) is 26.6 Å². The van der Waals surface area contributed by atoms with Gasteiger partial charge in [-0.2, -0.15) is 0 Å². The third kappa shape index (κ3) is 5.34. The summed E-state index contributed by atoms with van der Waals surface area (Å²) in [4.78, 5) is 38.0. The van der Waals surface area contributed by atoms with Gasteiger partial charge in [-0.15, -0.1) is 0 Å². The summed E-state index contributed by atoms with van der Waals surface area (Å²) in [6, 6.07) is 15.0. The Labute approximate surface area is 193 Å². The highest BCUT2D eigenvalue weighted by Gasteiger charge is 2.33. The molecule has 33 heavy (non-hydrogen) atoms. The van der Waals surface area contributed by atoms with Gasteiger partial charge in [0.1, 0.15) is 12.6 Å². The van der Waals surface area contributed by atoms with Crippen LogP contribution in [0.4, 0.5) is 4.79 Å². The number of carbonyl (C=O) groups excluding carboxylic acids is 2. The molecule has 2 amide bonds. The number of methoxy groups -OCH3 is 1. The maximum absolute atomic E-state index is 12.9. The summed E-state index contributed by atoms with van der Waals surface area (Å²) in [6.45, 7) is 3.29. The molecule has 0 aromatic heterocycles. The Morgan fingerprint density at radius 1 is 1.03 bits per heavy atom. The molecule has 176 valence electrons. The van der Waals surface area contributed by atoms with Gasteiger partial charge in [-0.3, -0.25) is 9.59 Å². The molecule has 3 rings (SSSR count). The van der Waals surface area contributed by atoms with Crippen LogP contribution in [0.5, 0.6) is 0 Å². The number of ether oxygens (including phenoxy) is 2. The standard InChI is InChI=1S/C25H30N2O6/c1-15(24(29)30)13-27(3)23(28)22(16(2)32-4)26-25(31)33-14-21-19-11-7-5-9-17(19)18-10-6-8-12-20(18)21/h5-12,15-16,21-22H,13-14H2,1-4H3,(H,26,31)(H,29,30). The van der Waals surface area contributed by atoms with E-state index in [4.69, 9.17) is 14.6 Å². The second kappa shape index (κ2) is 10.5. The number of amides is 2. The third-order valence-corrected chi connectivity index (χ3v) is 6.07. The van der Waals surface area contributed by atoms with Gasteiger partial charge in [0.05, 0.1) is 12.0 Å². The fourth-order valence-electron chi connectivity index (χ4n) is 4.10. The highest BCUT2D eigenvalue weighted by Crippen LogP contribution is 2.44. The molecule has 0 aliphatic heterocycles. The Morgan fingerprint density at radius 2 is 1.58 bits per heavy atom. The van der Waals surface area contributed by atoms with E-state index in [0.717, 1.165) is 22.3 Å². The van der Waals surface area contributed by atoms with Crippen molar-refractivity contribution in [2.75, 3.05) is 27.3 Å². The summed E-state index contributed by atoms with van der Waals surface area (Å²) in [7, 11) is 2.93. The zero-order valence-electron chi connectivity index (χ0n) is 19.3. The van der Waals surface area contributed by atoms with Gasteiger partial charge >= 0.3 is 12.1 Å². The van der Waals surface area contributed by atoms with Crippen molar-refractivity contribution in [2.45, 2.75) is 31.9 Å². The summed E-state index contributed by atoms with van der Waals surface area (Å²) < 4.78 is 10.8. The van der Waals surface area contributed by atoms with Gasteiger partial charge < -0.3 is 24.8 Å². The van der Waals surface area contributed by atoms with Crippen molar-refractivity contribution in [3.63, 3.8) is 0 Å². The number of carboxylic acids is 1. The molecule has 3 unspecified atom stereocenters. The topological polar surface area (TPSA) is 105 Å². The first-order valence-corrected chi connectivity index (χ1v) is 10.9. The third-order valence-electron chi connectivity index (χ3n) is 6.07. The minimum atomic E-state index is -1.02. The number of fused-ring (bicyclic) bond motifs is 3. The van der Waals surface area contributed by atoms with Crippen LogP contribution in [0.1, 0.15) is 30.9 Å². The highest BCUT2D eigenvalue weighted by atomic mass is 16.5. The van der Waals surface area contributed by atoms with E-state index in [1.54, 1.807) is 6.92 Å². The maximum atomic E-state index is 12.9. The number of aliphatic carboxylic acids is 1. The molecule has 0 spiro atoms. The molecule has 0 heterocycles. The van der Waals surface area contributed by atoms with E-state index in [1.165, 1.54) is 26.0 Å². The Bertz CT molecular complexity index is 978. The van der Waals surface area contributed by atoms with Crippen molar-refractivity contribution in [1.29, 1.82) is 0 Å². The number of carboxylic acid groups (broad SMARTS) is 1. The van der Waals surface area contributed by atoms with E-state index < -0.39 is 36.0 Å². The first-order chi connectivity index (χ1) is 15.7. The van der Waals surface area contributed by atoms with Crippen LogP contribution in [-0.2, 0) is 19.1 Å². The fraction of sp³-hybridized carbons (Fsp3) is 0.400. The van der Waals surface area contributed by atoms with E-state index in [1.807, 2.05) is 36.4 Å². The highest BCUT2D eigenvalue weighted by molar-refractivity contribution is 5.86. The Hall–Kier alpha value is -3.39. The van der Waals surface area contributed by atoms with Crippen LogP contribution in [0.25, 0.3) is 11.1 Å². The first kappa shape index (κ1) is 24.3. The van der Waals surface area contributed by atoms with Crippen LogP contribution in [0.15, 0.2) is 48.5 Å². The number of nitrogens with zero attached hydrogens (tertiary/aromatic N) is 1. The van der Waals surface area contributed by atoms with E-state index >= 15 is 0 Å². The van der Waals surface area contributed by atoms with Crippen LogP contribution in [-0.4, -0.2) is 67.4 Å². The Balaban J connectivity index is 1.68. The lowest BCUT2D eigenvalue weighted by Gasteiger charge is -2.28. The number of carbonyl (C=O) groups is 3. The molecule has 2 N–H and O–H groups in total. The molecule has 0 saturated heterocycles. The van der Waals surface area contributed by atoms with Gasteiger partial charge in [-0.25, -0.2) is 4.79 Å². The molecule has 1 aliphatic carbocycles. The number of hydrogen-bond donors (Lipinski definition) is 2. The fourth-order valence-corrected chi connectivity index (χ4v) is 4.10. The monoisotopic (exact) mass is 454 g/mol. The summed E-state index contributed by atoms with van der Waals surface area (Å²) in [5, 5.41) is 11.7. The summed E-state index contributed by atoms with van der Waals surface area (Å²) in [5.74, 6) is -2.30. The molecule has 0 fully saturated rings. The van der Waals surface area contributed by atoms with Crippen LogP contribution < -0.4 is 5.32 Å². The number of nitrogens with one attached hydrogen (secondary N) is 1. The number of benzene rings is 2. The van der Waals surface area contributed by atoms with Gasteiger partial charge in [-0.1, -0.05) is 55.5 Å². The van der Waals surface area contributed by atoms with Crippen molar-refractivity contribution in [3.8, 4) is 11.1 Å². The largest absolute Gasteiger partial charge is 0.481 e. The van der Waals surface area contributed by atoms with Crippen molar-refractivity contribution in [2.24, 2.45) is 5.92 Å². The molecule has 8 nitrogen and oxygen atoms in total. The normalized spacial score (nSPS) is 15.0. The molecule has 0 bridgehead atoms. The van der Waals surface area contributed by atoms with Crippen LogP contribution in [0, 0.1) is 5.92 Å². The van der Waals surface area contributed by atoms with Crippen molar-refractivity contribution in [1.82, 2.24) is 10.2 Å². The SMILES string of the molecule is COC(C)C(NC(=O)OCC1c2ccccc2-c2ccccc21)C(=O)N(C)CC(C)C(=O)O. The predicted molar refractivity (Wildman–Crippen MR) is 123 cm³/mol. The molecule has 0 saturated carbocycles. The molecule has 2 aromatic rings. The van der Waals surface area contributed by atoms with E-state index in [9.17, 15) is 14.4 Å². The van der Waals surface area contributed by atoms with Gasteiger partial charge in [-0.05, 0) is 29.2 Å². The zero-order chi connectivity index (χ0) is 24.1. The summed E-state index contributed by atoms with van der Waals surface area (Å²) in [6.07, 6.45) is -1.38. The second-order valence-electron chi connectivity index (χ2n) is 8.35. The zero-order valence-corrected chi connectivity index (χ0v) is 19.3. The number of rotatable bonds is 9. The van der Waals surface area contributed by atoms with Crippen molar-refractivity contribution < 1.29 is 29.0 Å². The average Bonchev–Trinajstić information content (AvgIpc) is 3.13. The first-order valence-electron chi connectivity index (χ1n) is 10.9. The molecule has 0 radical (unpaired) electrons. The lowest BCUT2D eigenvalue weighted by Crippen LogP contribution is -2.54. The molecule has 8 heteroatoms. The van der Waals surface area contributed by atoms with Crippen molar-refractivity contribution >= 4 is 18.0 Å². The lowest BCUT2D eigenvalue weighted by molar-refractivity contribution is -0.143. The van der Waals surface area contributed by atoms with Crippen LogP contribution >= 0.6 is 0 Å². The summed E-state index contributed by atoms with van der Waals surface area (Å²) in [5.41, 5.74) is 4.42. The van der Waals surface area contributed by atoms with Crippen LogP contribution in [0.2, 0.25) is 0 Å². The van der Waals surface area contributed by atoms with E-state index in [0.29, 0.717) is 0 Å². The minimum Gasteiger partial charge on any atom is -0.481 e.